The number of ether oxygens (including phenoxy) is 4. The lowest BCUT2D eigenvalue weighted by Crippen LogP contribution is -2.18. The number of rotatable bonds is 12. The fourth-order valence-corrected chi connectivity index (χ4v) is 2.85. The first-order chi connectivity index (χ1) is 13.8. The second kappa shape index (κ2) is 10.6. The van der Waals surface area contributed by atoms with Gasteiger partial charge in [0.2, 0.25) is 0 Å². The average molecular weight is 397 g/mol. The second-order valence-corrected chi connectivity index (χ2v) is 7.47. The van der Waals surface area contributed by atoms with E-state index in [-0.39, 0.29) is 5.41 Å². The average Bonchev–Trinajstić information content (AvgIpc) is 2.69. The summed E-state index contributed by atoms with van der Waals surface area (Å²) >= 11 is 0. The van der Waals surface area contributed by atoms with Gasteiger partial charge in [-0.15, -0.1) is 0 Å². The standard InChI is InChI=1S/C25H32O4/c1-19(2)26-15-17-28-23-11-7-21(8-12-23)25(5,6)22-9-13-24(14-10-22)29-18-16-27-20(3)4/h7-14H,1,3,15-18H2,2,4-6H3. The van der Waals surface area contributed by atoms with Crippen molar-refractivity contribution in [3.63, 3.8) is 0 Å². The third kappa shape index (κ3) is 7.22. The highest BCUT2D eigenvalue weighted by Crippen LogP contribution is 2.33. The molecule has 0 atom stereocenters. The minimum absolute atomic E-state index is 0.136. The number of benzene rings is 2. The summed E-state index contributed by atoms with van der Waals surface area (Å²) in [6.45, 7) is 17.5. The van der Waals surface area contributed by atoms with Gasteiger partial charge in [-0.3, -0.25) is 0 Å². The molecule has 0 aromatic heterocycles. The van der Waals surface area contributed by atoms with Crippen molar-refractivity contribution in [2.45, 2.75) is 33.1 Å². The van der Waals surface area contributed by atoms with Crippen molar-refractivity contribution >= 4 is 0 Å². The molecule has 0 aliphatic rings. The Kier molecular flexibility index (Phi) is 8.20. The normalized spacial score (nSPS) is 10.9. The predicted molar refractivity (Wildman–Crippen MR) is 118 cm³/mol. The van der Waals surface area contributed by atoms with Crippen LogP contribution in [0.5, 0.6) is 11.5 Å². The van der Waals surface area contributed by atoms with E-state index in [2.05, 4.69) is 51.3 Å². The van der Waals surface area contributed by atoms with Crippen molar-refractivity contribution in [3.05, 3.63) is 84.3 Å². The third-order valence-electron chi connectivity index (χ3n) is 4.55. The summed E-state index contributed by atoms with van der Waals surface area (Å²) in [5, 5.41) is 0. The van der Waals surface area contributed by atoms with Crippen LogP contribution in [-0.2, 0) is 14.9 Å². The maximum Gasteiger partial charge on any atom is 0.122 e. The van der Waals surface area contributed by atoms with Crippen LogP contribution in [0.3, 0.4) is 0 Å². The Balaban J connectivity index is 1.93. The summed E-state index contributed by atoms with van der Waals surface area (Å²) in [7, 11) is 0. The molecule has 0 saturated heterocycles. The predicted octanol–water partition coefficient (Wildman–Crippen LogP) is 5.87. The van der Waals surface area contributed by atoms with E-state index in [0.29, 0.717) is 37.9 Å². The van der Waals surface area contributed by atoms with E-state index in [9.17, 15) is 0 Å². The molecule has 0 amide bonds. The summed E-state index contributed by atoms with van der Waals surface area (Å²) in [5.74, 6) is 3.05. The SMILES string of the molecule is C=C(C)OCCOc1ccc(C(C)(C)c2ccc(OCCOC(=C)C)cc2)cc1. The first kappa shape index (κ1) is 22.4. The molecule has 4 heteroatoms. The van der Waals surface area contributed by atoms with E-state index < -0.39 is 0 Å². The van der Waals surface area contributed by atoms with Crippen LogP contribution < -0.4 is 9.47 Å². The molecule has 0 bridgehead atoms. The lowest BCUT2D eigenvalue weighted by Gasteiger charge is -2.26. The zero-order valence-electron chi connectivity index (χ0n) is 18.0. The van der Waals surface area contributed by atoms with Crippen molar-refractivity contribution in [1.29, 1.82) is 0 Å². The molecule has 0 aliphatic carbocycles. The van der Waals surface area contributed by atoms with Crippen LogP contribution in [0.4, 0.5) is 0 Å². The quantitative estimate of drug-likeness (QED) is 0.332. The molecule has 0 fully saturated rings. The van der Waals surface area contributed by atoms with E-state index in [1.807, 2.05) is 38.1 Å². The third-order valence-corrected chi connectivity index (χ3v) is 4.55. The van der Waals surface area contributed by atoms with Gasteiger partial charge in [0.1, 0.15) is 37.9 Å². The lowest BCUT2D eigenvalue weighted by atomic mass is 9.78. The van der Waals surface area contributed by atoms with Gasteiger partial charge < -0.3 is 18.9 Å². The van der Waals surface area contributed by atoms with Crippen molar-refractivity contribution < 1.29 is 18.9 Å². The molecule has 29 heavy (non-hydrogen) atoms. The minimum atomic E-state index is -0.136. The van der Waals surface area contributed by atoms with E-state index in [0.717, 1.165) is 11.5 Å². The van der Waals surface area contributed by atoms with Gasteiger partial charge in [-0.05, 0) is 49.2 Å². The van der Waals surface area contributed by atoms with Gasteiger partial charge in [0.15, 0.2) is 0 Å². The molecule has 0 spiro atoms. The van der Waals surface area contributed by atoms with E-state index in [4.69, 9.17) is 18.9 Å². The number of hydrogen-bond donors (Lipinski definition) is 0. The molecule has 0 heterocycles. The topological polar surface area (TPSA) is 36.9 Å². The molecule has 0 N–H and O–H groups in total. The van der Waals surface area contributed by atoms with Gasteiger partial charge in [0, 0.05) is 5.41 Å². The van der Waals surface area contributed by atoms with Gasteiger partial charge in [-0.1, -0.05) is 51.3 Å². The Bertz CT molecular complexity index is 721. The molecule has 0 aliphatic heterocycles. The molecule has 2 aromatic rings. The van der Waals surface area contributed by atoms with Crippen molar-refractivity contribution in [2.24, 2.45) is 0 Å². The largest absolute Gasteiger partial charge is 0.495 e. The zero-order chi connectivity index (χ0) is 21.3. The van der Waals surface area contributed by atoms with Crippen LogP contribution in [0.1, 0.15) is 38.8 Å². The monoisotopic (exact) mass is 396 g/mol. The molecular formula is C25H32O4. The first-order valence-electron chi connectivity index (χ1n) is 9.82. The zero-order valence-corrected chi connectivity index (χ0v) is 18.0. The Morgan fingerprint density at radius 3 is 1.31 bits per heavy atom. The Hall–Kier alpha value is -2.88. The minimum Gasteiger partial charge on any atom is -0.495 e. The van der Waals surface area contributed by atoms with Gasteiger partial charge in [0.25, 0.3) is 0 Å². The van der Waals surface area contributed by atoms with Gasteiger partial charge >= 0.3 is 0 Å². The summed E-state index contributed by atoms with van der Waals surface area (Å²) in [6.07, 6.45) is 0. The first-order valence-corrected chi connectivity index (χ1v) is 9.82. The van der Waals surface area contributed by atoms with Crippen LogP contribution in [-0.4, -0.2) is 26.4 Å². The Morgan fingerprint density at radius 1 is 0.655 bits per heavy atom. The smallest absolute Gasteiger partial charge is 0.122 e. The highest BCUT2D eigenvalue weighted by molar-refractivity contribution is 5.41. The number of allylic oxidation sites excluding steroid dienone is 2. The fraction of sp³-hybridized carbons (Fsp3) is 0.360. The maximum absolute atomic E-state index is 5.71. The molecule has 0 saturated carbocycles. The molecule has 4 nitrogen and oxygen atoms in total. The number of hydrogen-bond acceptors (Lipinski definition) is 4. The highest BCUT2D eigenvalue weighted by atomic mass is 16.5. The Morgan fingerprint density at radius 2 is 1.00 bits per heavy atom. The molecule has 0 radical (unpaired) electrons. The van der Waals surface area contributed by atoms with Gasteiger partial charge in [0.05, 0.1) is 11.5 Å². The lowest BCUT2D eigenvalue weighted by molar-refractivity contribution is 0.158. The summed E-state index contributed by atoms with van der Waals surface area (Å²) < 4.78 is 22.0. The fourth-order valence-electron chi connectivity index (χ4n) is 2.85. The highest BCUT2D eigenvalue weighted by Gasteiger charge is 2.23. The second-order valence-electron chi connectivity index (χ2n) is 7.47. The van der Waals surface area contributed by atoms with Crippen LogP contribution in [0, 0.1) is 0 Å². The van der Waals surface area contributed by atoms with E-state index in [1.165, 1.54) is 11.1 Å². The molecular weight excluding hydrogens is 364 g/mol. The molecule has 0 unspecified atom stereocenters. The van der Waals surface area contributed by atoms with Crippen LogP contribution in [0.25, 0.3) is 0 Å². The van der Waals surface area contributed by atoms with Crippen molar-refractivity contribution in [2.75, 3.05) is 26.4 Å². The maximum atomic E-state index is 5.71. The molecule has 2 rings (SSSR count). The summed E-state index contributed by atoms with van der Waals surface area (Å²) in [6, 6.07) is 16.4. The van der Waals surface area contributed by atoms with E-state index in [1.54, 1.807) is 0 Å². The van der Waals surface area contributed by atoms with Crippen molar-refractivity contribution in [3.8, 4) is 11.5 Å². The van der Waals surface area contributed by atoms with Crippen LogP contribution in [0.2, 0.25) is 0 Å². The van der Waals surface area contributed by atoms with Gasteiger partial charge in [-0.25, -0.2) is 0 Å². The summed E-state index contributed by atoms with van der Waals surface area (Å²) in [5.41, 5.74) is 2.29. The van der Waals surface area contributed by atoms with Crippen LogP contribution in [0.15, 0.2) is 73.2 Å². The Labute approximate surface area is 174 Å². The summed E-state index contributed by atoms with van der Waals surface area (Å²) in [4.78, 5) is 0. The van der Waals surface area contributed by atoms with E-state index >= 15 is 0 Å². The molecule has 2 aromatic carbocycles. The van der Waals surface area contributed by atoms with Crippen molar-refractivity contribution in [1.82, 2.24) is 0 Å². The van der Waals surface area contributed by atoms with Crippen LogP contribution >= 0.6 is 0 Å². The molecule has 156 valence electrons. The van der Waals surface area contributed by atoms with Gasteiger partial charge in [-0.2, -0.15) is 0 Å².